The van der Waals surface area contributed by atoms with Gasteiger partial charge >= 0.3 is 5.97 Å². The van der Waals surface area contributed by atoms with E-state index in [1.54, 1.807) is 25.1 Å². The van der Waals surface area contributed by atoms with Crippen LogP contribution in [-0.2, 0) is 17.6 Å². The number of aliphatic carboxylic acids is 1. The number of para-hydroxylation sites is 1. The van der Waals surface area contributed by atoms with Gasteiger partial charge in [-0.05, 0) is 62.3 Å². The van der Waals surface area contributed by atoms with Crippen LogP contribution in [-0.4, -0.2) is 62.7 Å². The zero-order chi connectivity index (χ0) is 25.5. The predicted octanol–water partition coefficient (Wildman–Crippen LogP) is 4.58. The Hall–Kier alpha value is -3.40. The molecular formula is C26H32F2N6O2. The Morgan fingerprint density at radius 1 is 1.22 bits per heavy atom. The molecule has 0 bridgehead atoms. The zero-order valence-electron chi connectivity index (χ0n) is 20.4. The van der Waals surface area contributed by atoms with E-state index in [-0.39, 0.29) is 13.0 Å². The second-order valence-corrected chi connectivity index (χ2v) is 9.02. The highest BCUT2D eigenvalue weighted by molar-refractivity contribution is 5.91. The highest BCUT2D eigenvalue weighted by Gasteiger charge is 2.44. The number of pyridine rings is 1. The highest BCUT2D eigenvalue weighted by Crippen LogP contribution is 2.28. The molecule has 1 aliphatic heterocycles. The first-order valence-corrected chi connectivity index (χ1v) is 12.4. The topological polar surface area (TPSA) is 103 Å². The molecule has 0 fully saturated rings. The number of carboxylic acids is 1. The van der Waals surface area contributed by atoms with Crippen LogP contribution in [0.2, 0.25) is 0 Å². The lowest BCUT2D eigenvalue weighted by molar-refractivity contribution is -0.151. The summed E-state index contributed by atoms with van der Waals surface area (Å²) in [6, 6.07) is 11.3. The molecule has 0 aliphatic carbocycles. The second kappa shape index (κ2) is 11.6. The van der Waals surface area contributed by atoms with E-state index >= 15 is 0 Å². The summed E-state index contributed by atoms with van der Waals surface area (Å²) in [5, 5.41) is 17.2. The lowest BCUT2D eigenvalue weighted by Gasteiger charge is -2.41. The number of alkyl halides is 2. The number of aromatic nitrogens is 3. The minimum atomic E-state index is -2.69. The zero-order valence-corrected chi connectivity index (χ0v) is 20.4. The second-order valence-electron chi connectivity index (χ2n) is 9.02. The van der Waals surface area contributed by atoms with Crippen molar-refractivity contribution < 1.29 is 18.7 Å². The van der Waals surface area contributed by atoms with E-state index in [2.05, 4.69) is 26.7 Å². The third-order valence-electron chi connectivity index (χ3n) is 6.69. The number of anilines is 2. The van der Waals surface area contributed by atoms with Gasteiger partial charge in [-0.15, -0.1) is 0 Å². The smallest absolute Gasteiger partial charge is 0.344 e. The van der Waals surface area contributed by atoms with E-state index in [9.17, 15) is 18.7 Å². The Morgan fingerprint density at radius 2 is 2.06 bits per heavy atom. The maximum atomic E-state index is 13.6. The number of nitrogens with zero attached hydrogens (tertiary/aromatic N) is 4. The molecule has 8 nitrogen and oxygen atoms in total. The van der Waals surface area contributed by atoms with Gasteiger partial charge in [-0.2, -0.15) is 0 Å². The van der Waals surface area contributed by atoms with E-state index < -0.39 is 24.6 Å². The number of carbonyl (C=O) groups is 1. The Balaban J connectivity index is 1.50. The molecule has 3 N–H and O–H groups in total. The van der Waals surface area contributed by atoms with Gasteiger partial charge < -0.3 is 15.7 Å². The maximum Gasteiger partial charge on any atom is 0.344 e. The summed E-state index contributed by atoms with van der Waals surface area (Å²) in [5.74, 6) is 0.000814. The summed E-state index contributed by atoms with van der Waals surface area (Å²) in [7, 11) is 0. The van der Waals surface area contributed by atoms with Crippen molar-refractivity contribution in [2.45, 2.75) is 57.5 Å². The first-order chi connectivity index (χ1) is 17.4. The largest absolute Gasteiger partial charge is 0.478 e. The van der Waals surface area contributed by atoms with Crippen LogP contribution in [0.15, 0.2) is 42.7 Å². The van der Waals surface area contributed by atoms with Crippen LogP contribution >= 0.6 is 0 Å². The molecular weight excluding hydrogens is 466 g/mol. The molecule has 1 aromatic carbocycles. The standard InChI is InChI=1S/C26H32F2N6O2/c1-2-26(25(35)36,33-24-20-10-3-4-11-21(20)30-17-31-24)34(16-22(27)28)15-6-5-9-19-13-12-18-8-7-14-29-23(18)32-19/h3-4,10-13,17,22H,2,5-9,14-16H2,1H3,(H,29,32)(H,35,36)(H,30,31,33). The fourth-order valence-electron chi connectivity index (χ4n) is 4.75. The molecule has 1 atom stereocenters. The number of nitrogens with one attached hydrogen (secondary N) is 2. The normalized spacial score (nSPS) is 14.9. The maximum absolute atomic E-state index is 13.6. The Kier molecular flexibility index (Phi) is 8.25. The van der Waals surface area contributed by atoms with E-state index in [0.29, 0.717) is 36.0 Å². The van der Waals surface area contributed by atoms with E-state index in [1.807, 2.05) is 12.1 Å². The van der Waals surface area contributed by atoms with Crippen LogP contribution in [0.25, 0.3) is 10.9 Å². The first-order valence-electron chi connectivity index (χ1n) is 12.4. The molecule has 0 amide bonds. The number of aryl methyl sites for hydroxylation is 2. The Labute approximate surface area is 209 Å². The minimum Gasteiger partial charge on any atom is -0.478 e. The van der Waals surface area contributed by atoms with Crippen molar-refractivity contribution >= 4 is 28.5 Å². The van der Waals surface area contributed by atoms with Crippen LogP contribution < -0.4 is 10.6 Å². The summed E-state index contributed by atoms with van der Waals surface area (Å²) in [6.45, 7) is 2.10. The van der Waals surface area contributed by atoms with Gasteiger partial charge in [-0.1, -0.05) is 25.1 Å². The van der Waals surface area contributed by atoms with Crippen LogP contribution in [0.1, 0.15) is 43.9 Å². The molecule has 0 saturated carbocycles. The quantitative estimate of drug-likeness (QED) is 0.246. The van der Waals surface area contributed by atoms with Crippen LogP contribution in [0.3, 0.4) is 0 Å². The summed E-state index contributed by atoms with van der Waals surface area (Å²) in [5.41, 5.74) is 1.04. The minimum absolute atomic E-state index is 0.0609. The van der Waals surface area contributed by atoms with Crippen molar-refractivity contribution in [3.8, 4) is 0 Å². The molecule has 36 heavy (non-hydrogen) atoms. The number of halogens is 2. The molecule has 3 aromatic rings. The van der Waals surface area contributed by atoms with Crippen molar-refractivity contribution in [1.82, 2.24) is 19.9 Å². The summed E-state index contributed by atoms with van der Waals surface area (Å²) >= 11 is 0. The van der Waals surface area contributed by atoms with Crippen LogP contribution in [0, 0.1) is 0 Å². The Morgan fingerprint density at radius 3 is 2.83 bits per heavy atom. The molecule has 0 saturated heterocycles. The van der Waals surface area contributed by atoms with Crippen molar-refractivity contribution in [3.63, 3.8) is 0 Å². The van der Waals surface area contributed by atoms with Gasteiger partial charge in [0.15, 0.2) is 5.66 Å². The fraction of sp³-hybridized carbons (Fsp3) is 0.462. The number of unbranched alkanes of at least 4 members (excludes halogenated alkanes) is 1. The van der Waals surface area contributed by atoms with Crippen molar-refractivity contribution in [1.29, 1.82) is 0 Å². The summed E-state index contributed by atoms with van der Waals surface area (Å²) < 4.78 is 27.3. The van der Waals surface area contributed by atoms with E-state index in [0.717, 1.165) is 30.9 Å². The third-order valence-corrected chi connectivity index (χ3v) is 6.69. The summed E-state index contributed by atoms with van der Waals surface area (Å²) in [4.78, 5) is 27.1. The monoisotopic (exact) mass is 498 g/mol. The molecule has 10 heteroatoms. The molecule has 1 aliphatic rings. The van der Waals surface area contributed by atoms with Crippen molar-refractivity contribution in [2.75, 3.05) is 30.3 Å². The van der Waals surface area contributed by atoms with Crippen LogP contribution in [0.5, 0.6) is 0 Å². The summed E-state index contributed by atoms with van der Waals surface area (Å²) in [6.07, 6.45) is 2.75. The fourth-order valence-corrected chi connectivity index (χ4v) is 4.75. The predicted molar refractivity (Wildman–Crippen MR) is 135 cm³/mol. The molecule has 3 heterocycles. The SMILES string of the molecule is CCC(Nc1ncnc2ccccc12)(C(=O)O)N(CCCCc1ccc2c(n1)NCCC2)CC(F)F. The number of benzene rings is 1. The number of hydrogen-bond acceptors (Lipinski definition) is 7. The van der Waals surface area contributed by atoms with Gasteiger partial charge in [0.25, 0.3) is 6.43 Å². The van der Waals surface area contributed by atoms with Crippen molar-refractivity contribution in [3.05, 3.63) is 54.0 Å². The van der Waals surface area contributed by atoms with Gasteiger partial charge in [0, 0.05) is 24.2 Å². The van der Waals surface area contributed by atoms with Gasteiger partial charge in [0.2, 0.25) is 0 Å². The van der Waals surface area contributed by atoms with Gasteiger partial charge in [-0.25, -0.2) is 28.5 Å². The molecule has 1 unspecified atom stereocenters. The number of fused-ring (bicyclic) bond motifs is 2. The van der Waals surface area contributed by atoms with Gasteiger partial charge in [0.05, 0.1) is 12.1 Å². The highest BCUT2D eigenvalue weighted by atomic mass is 19.3. The third kappa shape index (κ3) is 5.70. The van der Waals surface area contributed by atoms with Crippen LogP contribution in [0.4, 0.5) is 20.4 Å². The molecule has 0 radical (unpaired) electrons. The van der Waals surface area contributed by atoms with Crippen molar-refractivity contribution in [2.24, 2.45) is 0 Å². The lowest BCUT2D eigenvalue weighted by atomic mass is 10.0. The average Bonchev–Trinajstić information content (AvgIpc) is 2.88. The Bertz CT molecular complexity index is 1190. The molecule has 192 valence electrons. The molecule has 0 spiro atoms. The molecule has 2 aromatic heterocycles. The van der Waals surface area contributed by atoms with E-state index in [1.165, 1.54) is 16.8 Å². The number of rotatable bonds is 12. The van der Waals surface area contributed by atoms with E-state index in [4.69, 9.17) is 4.98 Å². The lowest BCUT2D eigenvalue weighted by Crippen LogP contribution is -2.61. The number of hydrogen-bond donors (Lipinski definition) is 3. The van der Waals surface area contributed by atoms with Gasteiger partial charge in [-0.3, -0.25) is 4.90 Å². The first kappa shape index (κ1) is 25.7. The van der Waals surface area contributed by atoms with Gasteiger partial charge in [0.1, 0.15) is 18.0 Å². The number of carboxylic acid groups (broad SMARTS) is 1. The average molecular weight is 499 g/mol. The molecule has 4 rings (SSSR count).